The molecule has 0 spiro atoms. The van der Waals surface area contributed by atoms with Crippen molar-refractivity contribution in [1.82, 2.24) is 14.5 Å². The lowest BCUT2D eigenvalue weighted by Gasteiger charge is -2.13. The quantitative estimate of drug-likeness (QED) is 0.655. The maximum atomic E-state index is 12.7. The van der Waals surface area contributed by atoms with E-state index in [0.29, 0.717) is 11.4 Å². The van der Waals surface area contributed by atoms with Gasteiger partial charge in [-0.05, 0) is 26.0 Å². The van der Waals surface area contributed by atoms with Crippen LogP contribution in [0.4, 0.5) is 13.2 Å². The summed E-state index contributed by atoms with van der Waals surface area (Å²) in [6.45, 7) is 3.43. The van der Waals surface area contributed by atoms with Crippen LogP contribution in [0.3, 0.4) is 0 Å². The van der Waals surface area contributed by atoms with Crippen molar-refractivity contribution in [2.24, 2.45) is 5.73 Å². The summed E-state index contributed by atoms with van der Waals surface area (Å²) in [7, 11) is 0. The molecule has 0 fully saturated rings. The summed E-state index contributed by atoms with van der Waals surface area (Å²) in [6.07, 6.45) is -3.20. The van der Waals surface area contributed by atoms with E-state index < -0.39 is 11.9 Å². The number of pyridine rings is 1. The molecule has 3 N–H and O–H groups in total. The number of nitrogens with two attached hydrogens (primary N) is 1. The van der Waals surface area contributed by atoms with Crippen LogP contribution in [0.1, 0.15) is 22.6 Å². The van der Waals surface area contributed by atoms with Crippen LogP contribution >= 0.6 is 0 Å². The number of nitrogens with one attached hydrogen (secondary N) is 1. The first-order valence-electron chi connectivity index (χ1n) is 5.65. The van der Waals surface area contributed by atoms with E-state index in [1.807, 2.05) is 0 Å². The van der Waals surface area contributed by atoms with Gasteiger partial charge in [-0.15, -0.1) is 0 Å². The van der Waals surface area contributed by atoms with E-state index in [0.717, 1.165) is 12.1 Å². The van der Waals surface area contributed by atoms with Gasteiger partial charge in [-0.2, -0.15) is 13.2 Å². The highest BCUT2D eigenvalue weighted by Gasteiger charge is 2.33. The van der Waals surface area contributed by atoms with Gasteiger partial charge in [0.1, 0.15) is 23.7 Å². The smallest absolute Gasteiger partial charge is 0.384 e. The maximum Gasteiger partial charge on any atom is 0.433 e. The summed E-state index contributed by atoms with van der Waals surface area (Å²) >= 11 is 0. The normalized spacial score (nSPS) is 11.7. The molecule has 2 heterocycles. The predicted molar refractivity (Wildman–Crippen MR) is 66.9 cm³/mol. The summed E-state index contributed by atoms with van der Waals surface area (Å²) < 4.78 is 39.6. The highest BCUT2D eigenvalue weighted by atomic mass is 19.4. The third-order valence-electron chi connectivity index (χ3n) is 2.94. The van der Waals surface area contributed by atoms with Crippen molar-refractivity contribution < 1.29 is 13.2 Å². The predicted octanol–water partition coefficient (Wildman–Crippen LogP) is 2.19. The number of imidazole rings is 1. The Morgan fingerprint density at radius 1 is 1.30 bits per heavy atom. The van der Waals surface area contributed by atoms with Crippen molar-refractivity contribution >= 4 is 5.84 Å². The van der Waals surface area contributed by atoms with Gasteiger partial charge in [0.05, 0.1) is 11.3 Å². The van der Waals surface area contributed by atoms with E-state index in [4.69, 9.17) is 11.1 Å². The number of halogens is 3. The number of hydrogen-bond acceptors (Lipinski definition) is 3. The molecule has 0 radical (unpaired) electrons. The average Bonchev–Trinajstić information content (AvgIpc) is 2.68. The maximum absolute atomic E-state index is 12.7. The van der Waals surface area contributed by atoms with E-state index in [1.54, 1.807) is 13.8 Å². The Morgan fingerprint density at radius 2 is 1.95 bits per heavy atom. The Labute approximate surface area is 112 Å². The van der Waals surface area contributed by atoms with Crippen molar-refractivity contribution in [2.75, 3.05) is 0 Å². The monoisotopic (exact) mass is 283 g/mol. The molecular formula is C12H12F3N5. The van der Waals surface area contributed by atoms with E-state index in [9.17, 15) is 13.2 Å². The fourth-order valence-electron chi connectivity index (χ4n) is 1.71. The molecule has 0 aromatic carbocycles. The molecule has 0 bridgehead atoms. The molecule has 2 rings (SSSR count). The fourth-order valence-corrected chi connectivity index (χ4v) is 1.71. The number of nitrogen functional groups attached to an aromatic ring is 1. The zero-order valence-electron chi connectivity index (χ0n) is 10.8. The molecule has 8 heteroatoms. The second-order valence-electron chi connectivity index (χ2n) is 4.26. The molecule has 0 saturated carbocycles. The summed E-state index contributed by atoms with van der Waals surface area (Å²) in [5.74, 6) is -0.405. The van der Waals surface area contributed by atoms with E-state index in [2.05, 4.69) is 9.97 Å². The van der Waals surface area contributed by atoms with Crippen LogP contribution in [0.15, 0.2) is 18.5 Å². The summed E-state index contributed by atoms with van der Waals surface area (Å²) in [4.78, 5) is 7.60. The molecule has 0 atom stereocenters. The third-order valence-corrected chi connectivity index (χ3v) is 2.94. The van der Waals surface area contributed by atoms with Gasteiger partial charge in [0.15, 0.2) is 0 Å². The molecule has 0 amide bonds. The Balaban J connectivity index is 2.71. The number of rotatable bonds is 2. The van der Waals surface area contributed by atoms with Crippen molar-refractivity contribution in [3.63, 3.8) is 0 Å². The van der Waals surface area contributed by atoms with Crippen molar-refractivity contribution in [3.05, 3.63) is 41.1 Å². The molecule has 0 aliphatic carbocycles. The number of amidine groups is 1. The lowest BCUT2D eigenvalue weighted by atomic mass is 10.2. The van der Waals surface area contributed by atoms with Gasteiger partial charge in [0.2, 0.25) is 0 Å². The lowest BCUT2D eigenvalue weighted by molar-refractivity contribution is -0.141. The van der Waals surface area contributed by atoms with E-state index in [-0.39, 0.29) is 17.2 Å². The summed E-state index contributed by atoms with van der Waals surface area (Å²) in [6, 6.07) is 1.95. The standard InChI is InChI=1S/C12H12F3N5/c1-6-7(2)20(5-18-6)11-8(10(16)17)3-4-9(19-11)12(13,14)15/h3-5H,1-2H3,(H3,16,17). The Bertz CT molecular complexity index is 672. The Kier molecular flexibility index (Phi) is 3.24. The molecule has 2 aromatic rings. The number of nitrogens with zero attached hydrogens (tertiary/aromatic N) is 3. The average molecular weight is 283 g/mol. The first kappa shape index (κ1) is 14.0. The molecule has 0 aliphatic rings. The zero-order chi connectivity index (χ0) is 15.1. The molecule has 0 unspecified atom stereocenters. The fraction of sp³-hybridized carbons (Fsp3) is 0.250. The van der Waals surface area contributed by atoms with Gasteiger partial charge < -0.3 is 5.73 Å². The van der Waals surface area contributed by atoms with Crippen LogP contribution in [0.2, 0.25) is 0 Å². The van der Waals surface area contributed by atoms with Crippen LogP contribution in [0.25, 0.3) is 5.82 Å². The third kappa shape index (κ3) is 2.36. The minimum atomic E-state index is -4.56. The van der Waals surface area contributed by atoms with Gasteiger partial charge in [0.25, 0.3) is 0 Å². The van der Waals surface area contributed by atoms with Crippen LogP contribution in [-0.4, -0.2) is 20.4 Å². The molecule has 0 saturated heterocycles. The summed E-state index contributed by atoms with van der Waals surface area (Å²) in [5.41, 5.74) is 5.78. The minimum Gasteiger partial charge on any atom is -0.384 e. The minimum absolute atomic E-state index is 0.0505. The van der Waals surface area contributed by atoms with E-state index >= 15 is 0 Å². The number of alkyl halides is 3. The van der Waals surface area contributed by atoms with E-state index in [1.165, 1.54) is 10.9 Å². The highest BCUT2D eigenvalue weighted by molar-refractivity contribution is 5.97. The molecule has 106 valence electrons. The van der Waals surface area contributed by atoms with Crippen molar-refractivity contribution in [2.45, 2.75) is 20.0 Å². The Morgan fingerprint density at radius 3 is 2.40 bits per heavy atom. The van der Waals surface area contributed by atoms with Crippen molar-refractivity contribution in [3.8, 4) is 5.82 Å². The number of hydrogen-bond donors (Lipinski definition) is 2. The SMILES string of the molecule is Cc1ncn(-c2nc(C(F)(F)F)ccc2C(=N)N)c1C. The molecule has 20 heavy (non-hydrogen) atoms. The van der Waals surface area contributed by atoms with Crippen LogP contribution in [0.5, 0.6) is 0 Å². The van der Waals surface area contributed by atoms with Gasteiger partial charge in [0, 0.05) is 5.69 Å². The van der Waals surface area contributed by atoms with Gasteiger partial charge in [-0.25, -0.2) is 9.97 Å². The van der Waals surface area contributed by atoms with Crippen molar-refractivity contribution in [1.29, 1.82) is 5.41 Å². The van der Waals surface area contributed by atoms with Gasteiger partial charge in [-0.1, -0.05) is 0 Å². The first-order chi connectivity index (χ1) is 9.21. The van der Waals surface area contributed by atoms with Crippen LogP contribution in [-0.2, 0) is 6.18 Å². The summed E-state index contributed by atoms with van der Waals surface area (Å²) in [5, 5.41) is 7.45. The topological polar surface area (TPSA) is 80.6 Å². The zero-order valence-corrected chi connectivity index (χ0v) is 10.8. The number of aromatic nitrogens is 3. The molecule has 0 aliphatic heterocycles. The molecular weight excluding hydrogens is 271 g/mol. The van der Waals surface area contributed by atoms with Gasteiger partial charge in [-0.3, -0.25) is 9.98 Å². The number of aryl methyl sites for hydroxylation is 1. The molecule has 5 nitrogen and oxygen atoms in total. The Hall–Kier alpha value is -2.38. The van der Waals surface area contributed by atoms with Crippen LogP contribution < -0.4 is 5.73 Å². The highest BCUT2D eigenvalue weighted by Crippen LogP contribution is 2.29. The largest absolute Gasteiger partial charge is 0.433 e. The van der Waals surface area contributed by atoms with Crippen LogP contribution in [0, 0.1) is 19.3 Å². The molecule has 2 aromatic heterocycles. The second kappa shape index (κ2) is 4.62. The van der Waals surface area contributed by atoms with Gasteiger partial charge >= 0.3 is 6.18 Å². The lowest BCUT2D eigenvalue weighted by Crippen LogP contribution is -2.19. The first-order valence-corrected chi connectivity index (χ1v) is 5.65. The second-order valence-corrected chi connectivity index (χ2v) is 4.26.